The summed E-state index contributed by atoms with van der Waals surface area (Å²) in [6.07, 6.45) is 4.80. The largest absolute Gasteiger partial charge is 0.459 e. The van der Waals surface area contributed by atoms with E-state index in [1.807, 2.05) is 11.8 Å². The number of hydrogen-bond donors (Lipinski definition) is 0. The molecule has 1 aromatic rings. The van der Waals surface area contributed by atoms with Crippen LogP contribution in [0.4, 0.5) is 0 Å². The summed E-state index contributed by atoms with van der Waals surface area (Å²) in [5.41, 5.74) is 0. The lowest BCUT2D eigenvalue weighted by atomic mass is 10.3. The first kappa shape index (κ1) is 9.27. The third-order valence-corrected chi connectivity index (χ3v) is 3.30. The summed E-state index contributed by atoms with van der Waals surface area (Å²) in [7, 11) is 0. The number of ether oxygens (including phenoxy) is 1. The SMILES string of the molecule is Brc1cnc(OC2CCSC2)nc1. The third kappa shape index (κ3) is 2.57. The van der Waals surface area contributed by atoms with Crippen molar-refractivity contribution < 1.29 is 4.74 Å². The summed E-state index contributed by atoms with van der Waals surface area (Å²) in [6, 6.07) is 0.482. The van der Waals surface area contributed by atoms with Crippen LogP contribution in [0.25, 0.3) is 0 Å². The van der Waals surface area contributed by atoms with Gasteiger partial charge in [-0.3, -0.25) is 0 Å². The maximum absolute atomic E-state index is 5.57. The van der Waals surface area contributed by atoms with Gasteiger partial charge in [-0.1, -0.05) is 0 Å². The van der Waals surface area contributed by atoms with Gasteiger partial charge < -0.3 is 4.74 Å². The van der Waals surface area contributed by atoms with Gasteiger partial charge in [0.2, 0.25) is 0 Å². The molecule has 2 rings (SSSR count). The average molecular weight is 261 g/mol. The number of aromatic nitrogens is 2. The van der Waals surface area contributed by atoms with E-state index in [0.29, 0.717) is 12.1 Å². The van der Waals surface area contributed by atoms with Gasteiger partial charge in [0.1, 0.15) is 6.10 Å². The second-order valence-electron chi connectivity index (χ2n) is 2.79. The molecule has 0 N–H and O–H groups in total. The van der Waals surface area contributed by atoms with Crippen LogP contribution in [-0.2, 0) is 0 Å². The van der Waals surface area contributed by atoms with Crippen LogP contribution in [0.3, 0.4) is 0 Å². The van der Waals surface area contributed by atoms with E-state index in [9.17, 15) is 0 Å². The Hall–Kier alpha value is -0.290. The molecule has 5 heteroatoms. The summed E-state index contributed by atoms with van der Waals surface area (Å²) in [6.45, 7) is 0. The Morgan fingerprint density at radius 3 is 2.85 bits per heavy atom. The molecule has 1 saturated heterocycles. The van der Waals surface area contributed by atoms with Crippen LogP contribution < -0.4 is 4.74 Å². The van der Waals surface area contributed by atoms with Crippen molar-refractivity contribution in [2.75, 3.05) is 11.5 Å². The Morgan fingerprint density at radius 1 is 1.46 bits per heavy atom. The first-order valence-electron chi connectivity index (χ1n) is 4.06. The first-order valence-corrected chi connectivity index (χ1v) is 6.01. The van der Waals surface area contributed by atoms with Crippen molar-refractivity contribution >= 4 is 27.7 Å². The van der Waals surface area contributed by atoms with E-state index in [1.54, 1.807) is 12.4 Å². The number of nitrogens with zero attached hydrogens (tertiary/aromatic N) is 2. The minimum atomic E-state index is 0.297. The van der Waals surface area contributed by atoms with Crippen molar-refractivity contribution in [1.29, 1.82) is 0 Å². The third-order valence-electron chi connectivity index (χ3n) is 1.76. The molecule has 1 aliphatic heterocycles. The smallest absolute Gasteiger partial charge is 0.316 e. The van der Waals surface area contributed by atoms with Crippen LogP contribution in [-0.4, -0.2) is 27.6 Å². The summed E-state index contributed by atoms with van der Waals surface area (Å²) < 4.78 is 6.44. The Balaban J connectivity index is 1.97. The van der Waals surface area contributed by atoms with Crippen LogP contribution in [0.2, 0.25) is 0 Å². The summed E-state index contributed by atoms with van der Waals surface area (Å²) in [5, 5.41) is 0. The molecule has 70 valence electrons. The molecule has 13 heavy (non-hydrogen) atoms. The normalized spacial score (nSPS) is 21.8. The highest BCUT2D eigenvalue weighted by Crippen LogP contribution is 2.21. The molecule has 1 fully saturated rings. The molecule has 0 radical (unpaired) electrons. The topological polar surface area (TPSA) is 35.0 Å². The molecule has 1 atom stereocenters. The number of rotatable bonds is 2. The van der Waals surface area contributed by atoms with Crippen LogP contribution in [0.15, 0.2) is 16.9 Å². The van der Waals surface area contributed by atoms with Gasteiger partial charge in [0, 0.05) is 18.1 Å². The molecular formula is C8H9BrN2OS. The summed E-state index contributed by atoms with van der Waals surface area (Å²) in [4.78, 5) is 8.10. The number of thioether (sulfide) groups is 1. The zero-order chi connectivity index (χ0) is 9.10. The van der Waals surface area contributed by atoms with Crippen molar-refractivity contribution in [3.8, 4) is 6.01 Å². The average Bonchev–Trinajstić information content (AvgIpc) is 2.62. The lowest BCUT2D eigenvalue weighted by molar-refractivity contribution is 0.210. The molecule has 1 aromatic heterocycles. The second kappa shape index (κ2) is 4.28. The van der Waals surface area contributed by atoms with E-state index in [-0.39, 0.29) is 0 Å². The van der Waals surface area contributed by atoms with E-state index in [1.165, 1.54) is 5.75 Å². The summed E-state index contributed by atoms with van der Waals surface area (Å²) in [5.74, 6) is 2.24. The quantitative estimate of drug-likeness (QED) is 0.816. The standard InChI is InChI=1S/C8H9BrN2OS/c9-6-3-10-8(11-4-6)12-7-1-2-13-5-7/h3-4,7H,1-2,5H2. The lowest BCUT2D eigenvalue weighted by Crippen LogP contribution is -2.16. The molecule has 0 aliphatic carbocycles. The molecule has 0 spiro atoms. The van der Waals surface area contributed by atoms with Crippen molar-refractivity contribution in [2.45, 2.75) is 12.5 Å². The van der Waals surface area contributed by atoms with Crippen LogP contribution in [0.5, 0.6) is 6.01 Å². The Labute approximate surface area is 89.4 Å². The highest BCUT2D eigenvalue weighted by atomic mass is 79.9. The van der Waals surface area contributed by atoms with Crippen LogP contribution in [0, 0.1) is 0 Å². The van der Waals surface area contributed by atoms with E-state index < -0.39 is 0 Å². The van der Waals surface area contributed by atoms with Gasteiger partial charge in [0.05, 0.1) is 4.47 Å². The van der Waals surface area contributed by atoms with E-state index in [0.717, 1.165) is 16.6 Å². The monoisotopic (exact) mass is 260 g/mol. The van der Waals surface area contributed by atoms with Gasteiger partial charge in [-0.2, -0.15) is 11.8 Å². The number of halogens is 1. The van der Waals surface area contributed by atoms with Gasteiger partial charge in [0.15, 0.2) is 0 Å². The minimum absolute atomic E-state index is 0.297. The Bertz CT molecular complexity index is 274. The maximum atomic E-state index is 5.57. The second-order valence-corrected chi connectivity index (χ2v) is 4.85. The molecule has 3 nitrogen and oxygen atoms in total. The molecule has 1 unspecified atom stereocenters. The maximum Gasteiger partial charge on any atom is 0.316 e. The molecule has 0 aromatic carbocycles. The van der Waals surface area contributed by atoms with Crippen molar-refractivity contribution in [2.24, 2.45) is 0 Å². The fraction of sp³-hybridized carbons (Fsp3) is 0.500. The first-order chi connectivity index (χ1) is 6.34. The van der Waals surface area contributed by atoms with E-state index >= 15 is 0 Å². The Kier molecular flexibility index (Phi) is 3.05. The van der Waals surface area contributed by atoms with Crippen molar-refractivity contribution in [3.05, 3.63) is 16.9 Å². The predicted octanol–water partition coefficient (Wildman–Crippen LogP) is 2.12. The van der Waals surface area contributed by atoms with Crippen molar-refractivity contribution in [1.82, 2.24) is 9.97 Å². The molecule has 0 bridgehead atoms. The van der Waals surface area contributed by atoms with Crippen LogP contribution >= 0.6 is 27.7 Å². The van der Waals surface area contributed by atoms with Crippen molar-refractivity contribution in [3.63, 3.8) is 0 Å². The fourth-order valence-corrected chi connectivity index (χ4v) is 2.41. The highest BCUT2D eigenvalue weighted by Gasteiger charge is 2.17. The van der Waals surface area contributed by atoms with Gasteiger partial charge in [0.25, 0.3) is 0 Å². The number of hydrogen-bond acceptors (Lipinski definition) is 4. The predicted molar refractivity (Wildman–Crippen MR) is 56.1 cm³/mol. The molecule has 0 amide bonds. The Morgan fingerprint density at radius 2 is 2.23 bits per heavy atom. The zero-order valence-electron chi connectivity index (χ0n) is 6.94. The van der Waals surface area contributed by atoms with E-state index in [4.69, 9.17) is 4.74 Å². The molecule has 1 aliphatic rings. The minimum Gasteiger partial charge on any atom is -0.459 e. The lowest BCUT2D eigenvalue weighted by Gasteiger charge is -2.09. The van der Waals surface area contributed by atoms with Gasteiger partial charge in [-0.05, 0) is 28.1 Å². The van der Waals surface area contributed by atoms with E-state index in [2.05, 4.69) is 25.9 Å². The molecule has 2 heterocycles. The van der Waals surface area contributed by atoms with Crippen LogP contribution in [0.1, 0.15) is 6.42 Å². The zero-order valence-corrected chi connectivity index (χ0v) is 9.34. The van der Waals surface area contributed by atoms with Gasteiger partial charge in [-0.25, -0.2) is 9.97 Å². The highest BCUT2D eigenvalue weighted by molar-refractivity contribution is 9.10. The molecule has 0 saturated carbocycles. The summed E-state index contributed by atoms with van der Waals surface area (Å²) >= 11 is 5.19. The van der Waals surface area contributed by atoms with Gasteiger partial charge >= 0.3 is 6.01 Å². The fourth-order valence-electron chi connectivity index (χ4n) is 1.12. The van der Waals surface area contributed by atoms with Gasteiger partial charge in [-0.15, -0.1) is 0 Å². The molecular weight excluding hydrogens is 252 g/mol.